The summed E-state index contributed by atoms with van der Waals surface area (Å²) in [5, 5.41) is 11.8. The van der Waals surface area contributed by atoms with Gasteiger partial charge >= 0.3 is 12.1 Å². The van der Waals surface area contributed by atoms with Crippen molar-refractivity contribution in [2.75, 3.05) is 33.2 Å². The number of alkyl halides is 3. The molecule has 1 aliphatic rings. The van der Waals surface area contributed by atoms with Crippen LogP contribution < -0.4 is 0 Å². The Bertz CT molecular complexity index is 1150. The van der Waals surface area contributed by atoms with Crippen molar-refractivity contribution in [2.24, 2.45) is 0 Å². The molecule has 3 aromatic heterocycles. The second-order valence-corrected chi connectivity index (χ2v) is 8.43. The molecule has 184 valence electrons. The summed E-state index contributed by atoms with van der Waals surface area (Å²) in [5.41, 5.74) is 3.54. The maximum Gasteiger partial charge on any atom is 0.490 e. The maximum absolute atomic E-state index is 13.3. The van der Waals surface area contributed by atoms with E-state index in [1.807, 2.05) is 52.3 Å². The SMILES string of the molecule is CC(C)n1ccc(-c2cc(C(=O)N3CCCN(C)CC3)c3ccccn23)n1.O=C(O)C(F)(F)F. The van der Waals surface area contributed by atoms with Crippen molar-refractivity contribution in [1.82, 2.24) is 24.0 Å². The molecule has 0 bridgehead atoms. The zero-order chi connectivity index (χ0) is 25.0. The lowest BCUT2D eigenvalue weighted by molar-refractivity contribution is -0.192. The minimum Gasteiger partial charge on any atom is -0.475 e. The van der Waals surface area contributed by atoms with Gasteiger partial charge in [-0.15, -0.1) is 0 Å². The lowest BCUT2D eigenvalue weighted by atomic mass is 10.2. The van der Waals surface area contributed by atoms with Crippen LogP contribution in [0.25, 0.3) is 16.9 Å². The Morgan fingerprint density at radius 2 is 1.76 bits per heavy atom. The van der Waals surface area contributed by atoms with E-state index < -0.39 is 12.1 Å². The fourth-order valence-corrected chi connectivity index (χ4v) is 3.70. The van der Waals surface area contributed by atoms with Crippen LogP contribution >= 0.6 is 0 Å². The van der Waals surface area contributed by atoms with Gasteiger partial charge in [0.15, 0.2) is 0 Å². The molecule has 4 heterocycles. The Morgan fingerprint density at radius 1 is 1.06 bits per heavy atom. The van der Waals surface area contributed by atoms with Crippen LogP contribution in [-0.2, 0) is 4.79 Å². The highest BCUT2D eigenvalue weighted by atomic mass is 19.4. The molecule has 1 amide bonds. The van der Waals surface area contributed by atoms with Gasteiger partial charge in [0, 0.05) is 38.1 Å². The fraction of sp³-hybridized carbons (Fsp3) is 0.435. The molecule has 1 saturated heterocycles. The Kier molecular flexibility index (Phi) is 7.65. The van der Waals surface area contributed by atoms with Crippen LogP contribution in [0.3, 0.4) is 0 Å². The number of carbonyl (C=O) groups is 2. The number of hydrogen-bond acceptors (Lipinski definition) is 4. The van der Waals surface area contributed by atoms with Gasteiger partial charge in [0.05, 0.1) is 16.8 Å². The molecular weight excluding hydrogens is 451 g/mol. The molecule has 4 rings (SSSR count). The van der Waals surface area contributed by atoms with E-state index in [-0.39, 0.29) is 5.91 Å². The number of halogens is 3. The number of carbonyl (C=O) groups excluding carboxylic acids is 1. The molecule has 1 fully saturated rings. The van der Waals surface area contributed by atoms with Crippen molar-refractivity contribution in [2.45, 2.75) is 32.5 Å². The van der Waals surface area contributed by atoms with Gasteiger partial charge in [0.2, 0.25) is 0 Å². The molecule has 8 nitrogen and oxygen atoms in total. The van der Waals surface area contributed by atoms with Crippen LogP contribution in [0.4, 0.5) is 13.2 Å². The van der Waals surface area contributed by atoms with Gasteiger partial charge in [-0.25, -0.2) is 4.79 Å². The number of pyridine rings is 1. The number of amides is 1. The third-order valence-electron chi connectivity index (χ3n) is 5.56. The normalized spacial score (nSPS) is 15.2. The molecule has 0 unspecified atom stereocenters. The molecule has 0 atom stereocenters. The van der Waals surface area contributed by atoms with Crippen molar-refractivity contribution >= 4 is 17.4 Å². The number of rotatable bonds is 3. The van der Waals surface area contributed by atoms with E-state index in [0.29, 0.717) is 6.04 Å². The number of nitrogens with zero attached hydrogens (tertiary/aromatic N) is 5. The lowest BCUT2D eigenvalue weighted by Gasteiger charge is -2.20. The van der Waals surface area contributed by atoms with E-state index >= 15 is 0 Å². The van der Waals surface area contributed by atoms with Gasteiger partial charge in [0.25, 0.3) is 5.91 Å². The zero-order valence-electron chi connectivity index (χ0n) is 19.3. The highest BCUT2D eigenvalue weighted by Crippen LogP contribution is 2.27. The van der Waals surface area contributed by atoms with Gasteiger partial charge in [-0.1, -0.05) is 6.07 Å². The first kappa shape index (κ1) is 25.3. The summed E-state index contributed by atoms with van der Waals surface area (Å²) in [4.78, 5) is 26.5. The molecule has 0 radical (unpaired) electrons. The third kappa shape index (κ3) is 5.77. The molecule has 0 aliphatic carbocycles. The third-order valence-corrected chi connectivity index (χ3v) is 5.56. The van der Waals surface area contributed by atoms with Crippen molar-refractivity contribution in [1.29, 1.82) is 0 Å². The number of aliphatic carboxylic acids is 1. The number of hydrogen-bond donors (Lipinski definition) is 1. The lowest BCUT2D eigenvalue weighted by Crippen LogP contribution is -2.34. The molecule has 1 aliphatic heterocycles. The van der Waals surface area contributed by atoms with Gasteiger partial charge in [-0.2, -0.15) is 18.3 Å². The van der Waals surface area contributed by atoms with E-state index in [1.165, 1.54) is 0 Å². The number of fused-ring (bicyclic) bond motifs is 1. The van der Waals surface area contributed by atoms with Gasteiger partial charge < -0.3 is 19.3 Å². The van der Waals surface area contributed by atoms with Crippen LogP contribution in [0.5, 0.6) is 0 Å². The highest BCUT2D eigenvalue weighted by molar-refractivity contribution is 6.02. The number of carboxylic acids is 1. The molecular formula is C23H28F3N5O3. The Hall–Kier alpha value is -3.34. The molecule has 0 spiro atoms. The monoisotopic (exact) mass is 479 g/mol. The van der Waals surface area contributed by atoms with Crippen LogP contribution in [0.2, 0.25) is 0 Å². The zero-order valence-corrected chi connectivity index (χ0v) is 19.3. The first-order valence-electron chi connectivity index (χ1n) is 10.9. The predicted molar refractivity (Wildman–Crippen MR) is 121 cm³/mol. The molecule has 3 aromatic rings. The first-order valence-corrected chi connectivity index (χ1v) is 10.9. The van der Waals surface area contributed by atoms with Gasteiger partial charge in [0.1, 0.15) is 5.69 Å². The van der Waals surface area contributed by atoms with Crippen LogP contribution in [0, 0.1) is 0 Å². The van der Waals surface area contributed by atoms with Crippen molar-refractivity contribution < 1.29 is 27.9 Å². The Morgan fingerprint density at radius 3 is 2.38 bits per heavy atom. The molecule has 1 N–H and O–H groups in total. The summed E-state index contributed by atoms with van der Waals surface area (Å²) in [7, 11) is 2.12. The Labute approximate surface area is 195 Å². The van der Waals surface area contributed by atoms with E-state index in [0.717, 1.165) is 55.1 Å². The summed E-state index contributed by atoms with van der Waals surface area (Å²) in [6.07, 6.45) is -0.0693. The van der Waals surface area contributed by atoms with E-state index in [1.54, 1.807) is 0 Å². The largest absolute Gasteiger partial charge is 0.490 e. The minimum absolute atomic E-state index is 0.114. The fourth-order valence-electron chi connectivity index (χ4n) is 3.70. The average molecular weight is 480 g/mol. The van der Waals surface area contributed by atoms with Crippen molar-refractivity contribution in [3.8, 4) is 11.4 Å². The van der Waals surface area contributed by atoms with Crippen LogP contribution in [-0.4, -0.2) is 80.4 Å². The summed E-state index contributed by atoms with van der Waals surface area (Å²) < 4.78 is 35.8. The Balaban J connectivity index is 0.000000406. The first-order chi connectivity index (χ1) is 16.0. The van der Waals surface area contributed by atoms with Gasteiger partial charge in [-0.05, 0) is 58.1 Å². The average Bonchev–Trinajstić information content (AvgIpc) is 3.34. The van der Waals surface area contributed by atoms with Gasteiger partial charge in [-0.3, -0.25) is 9.48 Å². The van der Waals surface area contributed by atoms with Crippen molar-refractivity contribution in [3.63, 3.8) is 0 Å². The molecule has 0 aromatic carbocycles. The quantitative estimate of drug-likeness (QED) is 0.618. The summed E-state index contributed by atoms with van der Waals surface area (Å²) in [5.74, 6) is -2.64. The number of carboxylic acid groups (broad SMARTS) is 1. The van der Waals surface area contributed by atoms with E-state index in [4.69, 9.17) is 15.0 Å². The standard InChI is InChI=1S/C21H27N5O.C2HF3O2/c1-16(2)26-12-8-18(22-26)20-15-17(19-7-4-5-11-25(19)20)21(27)24-10-6-9-23(3)13-14-24;3-2(4,5)1(6)7/h4-5,7-8,11-12,15-16H,6,9-10,13-14H2,1-3H3;(H,6,7). The van der Waals surface area contributed by atoms with E-state index in [2.05, 4.69) is 30.2 Å². The summed E-state index contributed by atoms with van der Waals surface area (Å²) in [6.45, 7) is 7.76. The molecule has 11 heteroatoms. The van der Waals surface area contributed by atoms with Crippen LogP contribution in [0.1, 0.15) is 36.7 Å². The number of aromatic nitrogens is 3. The predicted octanol–water partition coefficient (Wildman–Crippen LogP) is 3.79. The molecule has 0 saturated carbocycles. The second-order valence-electron chi connectivity index (χ2n) is 8.43. The summed E-state index contributed by atoms with van der Waals surface area (Å²) >= 11 is 0. The van der Waals surface area contributed by atoms with E-state index in [9.17, 15) is 18.0 Å². The maximum atomic E-state index is 13.3. The van der Waals surface area contributed by atoms with Crippen LogP contribution in [0.15, 0.2) is 42.7 Å². The smallest absolute Gasteiger partial charge is 0.475 e. The second kappa shape index (κ2) is 10.3. The highest BCUT2D eigenvalue weighted by Gasteiger charge is 2.38. The molecule has 34 heavy (non-hydrogen) atoms. The van der Waals surface area contributed by atoms with Crippen molar-refractivity contribution in [3.05, 3.63) is 48.3 Å². The minimum atomic E-state index is -5.08. The topological polar surface area (TPSA) is 83.1 Å². The summed E-state index contributed by atoms with van der Waals surface area (Å²) in [6, 6.07) is 10.3. The number of likely N-dealkylation sites (N-methyl/N-ethyl adjacent to an activating group) is 1.